The Labute approximate surface area is 67.5 Å². The molecule has 0 saturated heterocycles. The summed E-state index contributed by atoms with van der Waals surface area (Å²) >= 11 is 0. The number of fused-ring (bicyclic) bond motifs is 1. The maximum absolute atomic E-state index is 11.1. The predicted octanol–water partition coefficient (Wildman–Crippen LogP) is 0.0215. The second-order valence-electron chi connectivity index (χ2n) is 2.39. The number of nitrogens with one attached hydrogen (secondary N) is 1. The standard InChI is InChI=1S/C7H6N4O/c1-4-5-6(10-2-8-4)7(12)11-3-9-5/h2-3H,1H3,(H,9,11,12). The first-order valence-corrected chi connectivity index (χ1v) is 3.44. The molecule has 60 valence electrons. The first-order valence-electron chi connectivity index (χ1n) is 3.44. The van der Waals surface area contributed by atoms with Crippen molar-refractivity contribution in [1.29, 1.82) is 0 Å². The third-order valence-corrected chi connectivity index (χ3v) is 1.63. The van der Waals surface area contributed by atoms with Gasteiger partial charge in [-0.2, -0.15) is 4.98 Å². The lowest BCUT2D eigenvalue weighted by Gasteiger charge is -1.96. The van der Waals surface area contributed by atoms with E-state index < -0.39 is 0 Å². The van der Waals surface area contributed by atoms with Crippen LogP contribution in [0.25, 0.3) is 11.0 Å². The Morgan fingerprint density at radius 3 is 2.92 bits per heavy atom. The average molecular weight is 162 g/mol. The minimum atomic E-state index is -0.325. The highest BCUT2D eigenvalue weighted by Gasteiger charge is 2.01. The van der Waals surface area contributed by atoms with Crippen molar-refractivity contribution in [2.75, 3.05) is 0 Å². The number of nitrogens with zero attached hydrogens (tertiary/aromatic N) is 3. The maximum Gasteiger partial charge on any atom is 0.299 e. The summed E-state index contributed by atoms with van der Waals surface area (Å²) in [5, 5.41) is 0. The summed E-state index contributed by atoms with van der Waals surface area (Å²) in [5.74, 6) is 0. The van der Waals surface area contributed by atoms with Crippen molar-refractivity contribution < 1.29 is 0 Å². The lowest BCUT2D eigenvalue weighted by molar-refractivity contribution is 1.08. The highest BCUT2D eigenvalue weighted by Crippen LogP contribution is 2.03. The van der Waals surface area contributed by atoms with Gasteiger partial charge in [-0.3, -0.25) is 4.79 Å². The van der Waals surface area contributed by atoms with Crippen molar-refractivity contribution in [1.82, 2.24) is 19.9 Å². The third kappa shape index (κ3) is 0.868. The monoisotopic (exact) mass is 162 g/mol. The molecule has 2 aromatic heterocycles. The molecule has 0 unspecified atom stereocenters. The predicted molar refractivity (Wildman–Crippen MR) is 42.7 cm³/mol. The third-order valence-electron chi connectivity index (χ3n) is 1.63. The van der Waals surface area contributed by atoms with Crippen molar-refractivity contribution in [3.05, 3.63) is 28.7 Å². The molecule has 0 saturated carbocycles. The molecule has 2 rings (SSSR count). The molecule has 0 aromatic carbocycles. The molecular formula is C7H6N4O. The number of rotatable bonds is 0. The number of H-pyrrole nitrogens is 1. The lowest BCUT2D eigenvalue weighted by atomic mass is 10.3. The van der Waals surface area contributed by atoms with Gasteiger partial charge in [0, 0.05) is 0 Å². The summed E-state index contributed by atoms with van der Waals surface area (Å²) < 4.78 is 0. The summed E-state index contributed by atoms with van der Waals surface area (Å²) in [6.07, 6.45) is 2.70. The van der Waals surface area contributed by atoms with E-state index in [0.717, 1.165) is 5.69 Å². The van der Waals surface area contributed by atoms with E-state index >= 15 is 0 Å². The van der Waals surface area contributed by atoms with E-state index in [4.69, 9.17) is 0 Å². The Kier molecular flexibility index (Phi) is 1.36. The van der Waals surface area contributed by atoms with Crippen LogP contribution in [0.4, 0.5) is 0 Å². The van der Waals surface area contributed by atoms with E-state index in [0.29, 0.717) is 11.0 Å². The fraction of sp³-hybridized carbons (Fsp3) is 0.143. The quantitative estimate of drug-likeness (QED) is 0.592. The van der Waals surface area contributed by atoms with Gasteiger partial charge in [0.2, 0.25) is 0 Å². The van der Waals surface area contributed by atoms with Crippen molar-refractivity contribution in [3.8, 4) is 0 Å². The van der Waals surface area contributed by atoms with Crippen LogP contribution in [0, 0.1) is 6.92 Å². The Hall–Kier alpha value is -1.78. The number of aryl methyl sites for hydroxylation is 1. The van der Waals surface area contributed by atoms with Crippen LogP contribution in [0.3, 0.4) is 0 Å². The summed E-state index contributed by atoms with van der Waals surface area (Å²) in [6, 6.07) is 0. The topological polar surface area (TPSA) is 71.5 Å². The number of hydrogen-bond donors (Lipinski definition) is 1. The zero-order valence-corrected chi connectivity index (χ0v) is 6.40. The Morgan fingerprint density at radius 2 is 2.17 bits per heavy atom. The molecule has 0 atom stereocenters. The second-order valence-corrected chi connectivity index (χ2v) is 2.39. The summed E-state index contributed by atoms with van der Waals surface area (Å²) in [4.78, 5) is 25.2. The van der Waals surface area contributed by atoms with Gasteiger partial charge in [-0.1, -0.05) is 0 Å². The molecule has 0 radical (unpaired) electrons. The fourth-order valence-electron chi connectivity index (χ4n) is 1.03. The Bertz CT molecular complexity index is 476. The molecule has 0 bridgehead atoms. The molecule has 1 N–H and O–H groups in total. The van der Waals surface area contributed by atoms with Crippen LogP contribution in [-0.2, 0) is 0 Å². The van der Waals surface area contributed by atoms with Crippen molar-refractivity contribution in [2.45, 2.75) is 6.92 Å². The molecule has 0 fully saturated rings. The Balaban J connectivity index is 3.05. The van der Waals surface area contributed by atoms with Gasteiger partial charge in [0.25, 0.3) is 5.56 Å². The van der Waals surface area contributed by atoms with Crippen molar-refractivity contribution >= 4 is 11.0 Å². The summed E-state index contributed by atoms with van der Waals surface area (Å²) in [5.41, 5.74) is 1.41. The smallest absolute Gasteiger partial charge is 0.299 e. The average Bonchev–Trinajstić information content (AvgIpc) is 2.07. The van der Waals surface area contributed by atoms with Gasteiger partial charge in [-0.05, 0) is 6.92 Å². The lowest BCUT2D eigenvalue weighted by Crippen LogP contribution is -2.09. The van der Waals surface area contributed by atoms with Gasteiger partial charge in [-0.15, -0.1) is 0 Å². The van der Waals surface area contributed by atoms with Gasteiger partial charge < -0.3 is 4.98 Å². The fourth-order valence-corrected chi connectivity index (χ4v) is 1.03. The van der Waals surface area contributed by atoms with E-state index in [2.05, 4.69) is 19.9 Å². The van der Waals surface area contributed by atoms with E-state index in [1.165, 1.54) is 12.7 Å². The molecule has 5 nitrogen and oxygen atoms in total. The zero-order valence-electron chi connectivity index (χ0n) is 6.40. The van der Waals surface area contributed by atoms with Crippen LogP contribution in [0.15, 0.2) is 17.4 Å². The van der Waals surface area contributed by atoms with Crippen LogP contribution in [-0.4, -0.2) is 19.9 Å². The van der Waals surface area contributed by atoms with Crippen molar-refractivity contribution in [3.63, 3.8) is 0 Å². The SMILES string of the molecule is Cc1ncnc2c(=O)nc[nH]c12. The summed E-state index contributed by atoms with van der Waals surface area (Å²) in [6.45, 7) is 1.81. The molecule has 5 heteroatoms. The normalized spacial score (nSPS) is 10.4. The molecule has 0 spiro atoms. The number of aromatic nitrogens is 4. The maximum atomic E-state index is 11.1. The molecule has 0 aliphatic rings. The molecule has 0 amide bonds. The molecule has 0 aliphatic heterocycles. The highest BCUT2D eigenvalue weighted by molar-refractivity contribution is 5.74. The van der Waals surface area contributed by atoms with Gasteiger partial charge in [0.15, 0.2) is 5.52 Å². The van der Waals surface area contributed by atoms with Crippen LogP contribution in [0.2, 0.25) is 0 Å². The van der Waals surface area contributed by atoms with Crippen molar-refractivity contribution in [2.24, 2.45) is 0 Å². The van der Waals surface area contributed by atoms with Gasteiger partial charge >= 0.3 is 0 Å². The molecular weight excluding hydrogens is 156 g/mol. The van der Waals surface area contributed by atoms with E-state index in [-0.39, 0.29) is 5.56 Å². The molecule has 2 heterocycles. The first kappa shape index (κ1) is 6.90. The zero-order chi connectivity index (χ0) is 8.55. The first-order chi connectivity index (χ1) is 5.79. The van der Waals surface area contributed by atoms with E-state index in [9.17, 15) is 4.79 Å². The molecule has 0 aliphatic carbocycles. The summed E-state index contributed by atoms with van der Waals surface area (Å²) in [7, 11) is 0. The number of aromatic amines is 1. The molecule has 12 heavy (non-hydrogen) atoms. The minimum absolute atomic E-state index is 0.325. The van der Waals surface area contributed by atoms with Gasteiger partial charge in [0.1, 0.15) is 6.33 Å². The van der Waals surface area contributed by atoms with Crippen LogP contribution >= 0.6 is 0 Å². The number of hydrogen-bond acceptors (Lipinski definition) is 4. The van der Waals surface area contributed by atoms with Crippen LogP contribution in [0.5, 0.6) is 0 Å². The minimum Gasteiger partial charge on any atom is -0.343 e. The van der Waals surface area contributed by atoms with Gasteiger partial charge in [0.05, 0.1) is 17.5 Å². The van der Waals surface area contributed by atoms with E-state index in [1.54, 1.807) is 6.92 Å². The van der Waals surface area contributed by atoms with Gasteiger partial charge in [-0.25, -0.2) is 9.97 Å². The molecule has 2 aromatic rings. The Morgan fingerprint density at radius 1 is 1.33 bits per heavy atom. The second kappa shape index (κ2) is 2.37. The highest BCUT2D eigenvalue weighted by atomic mass is 16.1. The largest absolute Gasteiger partial charge is 0.343 e. The van der Waals surface area contributed by atoms with Crippen LogP contribution in [0.1, 0.15) is 5.69 Å². The van der Waals surface area contributed by atoms with Crippen LogP contribution < -0.4 is 5.56 Å². The van der Waals surface area contributed by atoms with E-state index in [1.807, 2.05) is 0 Å².